The molecule has 0 aliphatic carbocycles. The second-order valence-electron chi connectivity index (χ2n) is 2.45. The van der Waals surface area contributed by atoms with Crippen molar-refractivity contribution >= 4 is 0 Å². The largest absolute Gasteiger partial charge is 0.190 e. The first-order chi connectivity index (χ1) is 3.15. The molecule has 0 saturated heterocycles. The van der Waals surface area contributed by atoms with Crippen molar-refractivity contribution in [2.24, 2.45) is 16.1 Å². The summed E-state index contributed by atoms with van der Waals surface area (Å²) in [6, 6.07) is 0. The first-order valence-corrected chi connectivity index (χ1v) is 2.59. The van der Waals surface area contributed by atoms with E-state index < -0.39 is 0 Å². The van der Waals surface area contributed by atoms with E-state index in [1.54, 1.807) is 0 Å². The maximum Gasteiger partial charge on any atom is 0.190 e. The summed E-state index contributed by atoms with van der Waals surface area (Å²) >= 11 is 0. The van der Waals surface area contributed by atoms with Crippen molar-refractivity contribution in [3.05, 3.63) is 0 Å². The fourth-order valence-electron chi connectivity index (χ4n) is 0.310. The van der Waals surface area contributed by atoms with Crippen LogP contribution in [0, 0.1) is 5.92 Å². The van der Waals surface area contributed by atoms with E-state index in [0.717, 1.165) is 0 Å². The molecule has 0 spiro atoms. The van der Waals surface area contributed by atoms with Crippen LogP contribution in [0.25, 0.3) is 0 Å². The van der Waals surface area contributed by atoms with Crippen molar-refractivity contribution in [3.8, 4) is 0 Å². The van der Waals surface area contributed by atoms with Crippen LogP contribution in [-0.4, -0.2) is 5.66 Å². The molecule has 0 bridgehead atoms. The predicted molar refractivity (Wildman–Crippen MR) is 28.1 cm³/mol. The molecule has 7 heavy (non-hydrogen) atoms. The Labute approximate surface area is 43.6 Å². The van der Waals surface area contributed by atoms with Crippen molar-refractivity contribution in [1.82, 2.24) is 0 Å². The molecule has 0 aromatic heterocycles. The molecule has 1 aliphatic heterocycles. The van der Waals surface area contributed by atoms with Gasteiger partial charge in [-0.2, -0.15) is 10.2 Å². The Hall–Kier alpha value is -0.400. The van der Waals surface area contributed by atoms with Crippen LogP contribution >= 0.6 is 0 Å². The zero-order chi connectivity index (χ0) is 5.49. The third-order valence-corrected chi connectivity index (χ3v) is 1.51. The molecule has 0 saturated carbocycles. The lowest BCUT2D eigenvalue weighted by Crippen LogP contribution is -2.12. The Morgan fingerprint density at radius 3 is 1.71 bits per heavy atom. The lowest BCUT2D eigenvalue weighted by Gasteiger charge is -2.04. The summed E-state index contributed by atoms with van der Waals surface area (Å²) in [7, 11) is 0. The van der Waals surface area contributed by atoms with Crippen LogP contribution in [0.15, 0.2) is 10.2 Å². The molecule has 2 nitrogen and oxygen atoms in total. The molecule has 0 aromatic rings. The highest BCUT2D eigenvalue weighted by molar-refractivity contribution is 4.90. The van der Waals surface area contributed by atoms with E-state index in [1.807, 2.05) is 6.92 Å². The summed E-state index contributed by atoms with van der Waals surface area (Å²) in [4.78, 5) is 0. The van der Waals surface area contributed by atoms with Crippen LogP contribution in [0.4, 0.5) is 0 Å². The molecule has 0 fully saturated rings. The number of hydrogen-bond acceptors (Lipinski definition) is 2. The minimum Gasteiger partial charge on any atom is -0.159 e. The molecule has 1 rings (SSSR count). The summed E-state index contributed by atoms with van der Waals surface area (Å²) < 4.78 is 0. The van der Waals surface area contributed by atoms with E-state index in [9.17, 15) is 0 Å². The molecule has 0 aromatic carbocycles. The van der Waals surface area contributed by atoms with Gasteiger partial charge in [0, 0.05) is 5.92 Å². The molecule has 1 aliphatic rings. The first-order valence-electron chi connectivity index (χ1n) is 2.59. The van der Waals surface area contributed by atoms with E-state index >= 15 is 0 Å². The van der Waals surface area contributed by atoms with Gasteiger partial charge < -0.3 is 0 Å². The van der Waals surface area contributed by atoms with E-state index in [1.165, 1.54) is 0 Å². The molecule has 2 heteroatoms. The van der Waals surface area contributed by atoms with Crippen LogP contribution in [0.3, 0.4) is 0 Å². The average Bonchev–Trinajstić information content (AvgIpc) is 2.21. The van der Waals surface area contributed by atoms with Crippen LogP contribution in [-0.2, 0) is 0 Å². The summed E-state index contributed by atoms with van der Waals surface area (Å²) in [6.07, 6.45) is 0. The van der Waals surface area contributed by atoms with E-state index in [2.05, 4.69) is 24.1 Å². The fourth-order valence-corrected chi connectivity index (χ4v) is 0.310. The molecular weight excluding hydrogens is 88.1 g/mol. The highest BCUT2D eigenvalue weighted by atomic mass is 15.4. The van der Waals surface area contributed by atoms with Gasteiger partial charge in [-0.15, -0.1) is 0 Å². The van der Waals surface area contributed by atoms with Gasteiger partial charge in [0.2, 0.25) is 0 Å². The minimum atomic E-state index is 0. The van der Waals surface area contributed by atoms with Crippen LogP contribution in [0.5, 0.6) is 0 Å². The lowest BCUT2D eigenvalue weighted by atomic mass is 10.0. The highest BCUT2D eigenvalue weighted by Gasteiger charge is 2.37. The van der Waals surface area contributed by atoms with Gasteiger partial charge in [0.05, 0.1) is 0 Å². The fraction of sp³-hybridized carbons (Fsp3) is 1.00. The van der Waals surface area contributed by atoms with Crippen LogP contribution in [0.1, 0.15) is 20.8 Å². The smallest absolute Gasteiger partial charge is 0.159 e. The Morgan fingerprint density at radius 2 is 1.71 bits per heavy atom. The number of rotatable bonds is 1. The second kappa shape index (κ2) is 1.05. The zero-order valence-corrected chi connectivity index (χ0v) is 4.97. The van der Waals surface area contributed by atoms with Gasteiger partial charge in [-0.25, -0.2) is 0 Å². The topological polar surface area (TPSA) is 24.7 Å². The Kier molecular flexibility index (Phi) is 0.716. The van der Waals surface area contributed by atoms with Gasteiger partial charge in [-0.05, 0) is 6.92 Å². The molecule has 0 N–H and O–H groups in total. The molecule has 40 valence electrons. The monoisotopic (exact) mass is 98.1 g/mol. The molecule has 0 radical (unpaired) electrons. The Balaban J connectivity index is 2.41. The maximum atomic E-state index is 3.86. The molecule has 0 amide bonds. The molecule has 0 atom stereocenters. The molecular formula is C5H10N2. The Morgan fingerprint density at radius 1 is 1.29 bits per heavy atom. The van der Waals surface area contributed by atoms with Crippen LogP contribution < -0.4 is 0 Å². The molecule has 1 heterocycles. The summed E-state index contributed by atoms with van der Waals surface area (Å²) in [5.41, 5.74) is 0. The van der Waals surface area contributed by atoms with Gasteiger partial charge in [-0.3, -0.25) is 0 Å². The van der Waals surface area contributed by atoms with Gasteiger partial charge in [-0.1, -0.05) is 13.8 Å². The first kappa shape index (κ1) is 4.75. The number of nitrogens with zero attached hydrogens (tertiary/aromatic N) is 2. The van der Waals surface area contributed by atoms with Gasteiger partial charge in [0.15, 0.2) is 5.66 Å². The minimum absolute atomic E-state index is 0. The number of hydrogen-bond donors (Lipinski definition) is 0. The van der Waals surface area contributed by atoms with Crippen molar-refractivity contribution in [2.75, 3.05) is 0 Å². The van der Waals surface area contributed by atoms with Gasteiger partial charge >= 0.3 is 0 Å². The third kappa shape index (κ3) is 0.646. The predicted octanol–water partition coefficient (Wildman–Crippen LogP) is 1.82. The van der Waals surface area contributed by atoms with E-state index in [0.29, 0.717) is 5.92 Å². The average molecular weight is 98.1 g/mol. The standard InChI is InChI=1S/C5H10N2/c1-4(2)5(3)6-7-5/h4H,1-3H3. The maximum absolute atomic E-state index is 3.86. The Bertz CT molecular complexity index is 98.6. The molecule has 0 unspecified atom stereocenters. The third-order valence-electron chi connectivity index (χ3n) is 1.51. The SMILES string of the molecule is CC(C)C1(C)N=N1. The second-order valence-corrected chi connectivity index (χ2v) is 2.45. The highest BCUT2D eigenvalue weighted by Crippen LogP contribution is 2.34. The van der Waals surface area contributed by atoms with Crippen molar-refractivity contribution in [1.29, 1.82) is 0 Å². The normalized spacial score (nSPS) is 23.4. The zero-order valence-electron chi connectivity index (χ0n) is 4.97. The van der Waals surface area contributed by atoms with E-state index in [4.69, 9.17) is 0 Å². The summed E-state index contributed by atoms with van der Waals surface area (Å²) in [6.45, 7) is 6.29. The van der Waals surface area contributed by atoms with Gasteiger partial charge in [0.25, 0.3) is 0 Å². The van der Waals surface area contributed by atoms with Gasteiger partial charge in [0.1, 0.15) is 0 Å². The van der Waals surface area contributed by atoms with Crippen molar-refractivity contribution in [3.63, 3.8) is 0 Å². The van der Waals surface area contributed by atoms with E-state index in [-0.39, 0.29) is 5.66 Å². The lowest BCUT2D eigenvalue weighted by molar-refractivity contribution is 0.470. The van der Waals surface area contributed by atoms with Crippen molar-refractivity contribution < 1.29 is 0 Å². The quantitative estimate of drug-likeness (QED) is 0.478. The van der Waals surface area contributed by atoms with Crippen molar-refractivity contribution in [2.45, 2.75) is 26.4 Å². The van der Waals surface area contributed by atoms with Crippen LogP contribution in [0.2, 0.25) is 0 Å². The summed E-state index contributed by atoms with van der Waals surface area (Å²) in [5.74, 6) is 0.576. The summed E-state index contributed by atoms with van der Waals surface area (Å²) in [5, 5.41) is 7.72.